The molecule has 0 radical (unpaired) electrons. The molecule has 2 aliphatic rings. The van der Waals surface area contributed by atoms with Crippen molar-refractivity contribution in [3.05, 3.63) is 24.5 Å². The van der Waals surface area contributed by atoms with Crippen LogP contribution in [0.1, 0.15) is 12.8 Å². The molecule has 0 saturated carbocycles. The molecule has 0 aliphatic carbocycles. The van der Waals surface area contributed by atoms with E-state index in [0.29, 0.717) is 19.4 Å². The number of piperazine rings is 1. The van der Waals surface area contributed by atoms with Crippen LogP contribution in [0.5, 0.6) is 0 Å². The number of carbonyl (C=O) groups is 1. The number of rotatable bonds is 5. The van der Waals surface area contributed by atoms with Crippen molar-refractivity contribution in [1.29, 1.82) is 0 Å². The van der Waals surface area contributed by atoms with E-state index in [9.17, 15) is 13.2 Å². The van der Waals surface area contributed by atoms with Crippen molar-refractivity contribution in [2.45, 2.75) is 18.9 Å². The Hall–Kier alpha value is -1.67. The summed E-state index contributed by atoms with van der Waals surface area (Å²) < 4.78 is 23.1. The normalized spacial score (nSPS) is 23.2. The number of sulfone groups is 1. The van der Waals surface area contributed by atoms with E-state index < -0.39 is 9.84 Å². The van der Waals surface area contributed by atoms with Crippen LogP contribution in [0, 0.1) is 0 Å². The number of aromatic nitrogens is 1. The van der Waals surface area contributed by atoms with E-state index >= 15 is 0 Å². The van der Waals surface area contributed by atoms with Gasteiger partial charge in [-0.05, 0) is 25.6 Å². The molecule has 1 atom stereocenters. The van der Waals surface area contributed by atoms with Crippen molar-refractivity contribution in [3.8, 4) is 0 Å². The van der Waals surface area contributed by atoms with Crippen LogP contribution in [0.4, 0.5) is 5.69 Å². The highest BCUT2D eigenvalue weighted by Gasteiger charge is 2.31. The molecule has 2 aliphatic heterocycles. The topological polar surface area (TPSA) is 73.8 Å². The SMILES string of the molecule is CN(CCC(=O)N1CCN(c2ccncc2)CC1)[C@@H]1CCS(=O)(=O)C1. The van der Waals surface area contributed by atoms with Gasteiger partial charge in [-0.15, -0.1) is 0 Å². The van der Waals surface area contributed by atoms with Gasteiger partial charge in [0, 0.05) is 63.3 Å². The number of amides is 1. The largest absolute Gasteiger partial charge is 0.368 e. The summed E-state index contributed by atoms with van der Waals surface area (Å²) in [4.78, 5) is 22.7. The van der Waals surface area contributed by atoms with Crippen LogP contribution >= 0.6 is 0 Å². The Morgan fingerprint density at radius 3 is 2.52 bits per heavy atom. The third-order valence-electron chi connectivity index (χ3n) is 5.17. The Morgan fingerprint density at radius 1 is 1.24 bits per heavy atom. The predicted octanol–water partition coefficient (Wildman–Crippen LogP) is 0.239. The maximum atomic E-state index is 12.4. The zero-order valence-corrected chi connectivity index (χ0v) is 15.5. The minimum atomic E-state index is -2.88. The van der Waals surface area contributed by atoms with Crippen LogP contribution < -0.4 is 4.90 Å². The maximum absolute atomic E-state index is 12.4. The van der Waals surface area contributed by atoms with Crippen LogP contribution in [0.25, 0.3) is 0 Å². The first kappa shape index (κ1) is 18.1. The standard InChI is InChI=1S/C17H26N4O3S/c1-19(16-5-13-25(23,24)14-16)8-4-17(22)21-11-9-20(10-12-21)15-2-6-18-7-3-15/h2-3,6-7,16H,4-5,8-14H2,1H3/t16-/m1/s1. The lowest BCUT2D eigenvalue weighted by molar-refractivity contribution is -0.131. The maximum Gasteiger partial charge on any atom is 0.223 e. The molecular formula is C17H26N4O3S. The van der Waals surface area contributed by atoms with E-state index in [1.165, 1.54) is 0 Å². The first-order valence-corrected chi connectivity index (χ1v) is 10.6. The molecule has 7 nitrogen and oxygen atoms in total. The van der Waals surface area contributed by atoms with E-state index in [4.69, 9.17) is 0 Å². The van der Waals surface area contributed by atoms with Crippen molar-refractivity contribution in [1.82, 2.24) is 14.8 Å². The van der Waals surface area contributed by atoms with Gasteiger partial charge in [-0.25, -0.2) is 8.42 Å². The number of pyridine rings is 1. The summed E-state index contributed by atoms with van der Waals surface area (Å²) >= 11 is 0. The molecule has 25 heavy (non-hydrogen) atoms. The second-order valence-corrected chi connectivity index (χ2v) is 9.09. The summed E-state index contributed by atoms with van der Waals surface area (Å²) in [5.41, 5.74) is 1.14. The smallest absolute Gasteiger partial charge is 0.223 e. The van der Waals surface area contributed by atoms with Crippen LogP contribution in [-0.4, -0.2) is 86.4 Å². The van der Waals surface area contributed by atoms with Gasteiger partial charge in [-0.3, -0.25) is 9.78 Å². The second kappa shape index (κ2) is 7.70. The van der Waals surface area contributed by atoms with Gasteiger partial charge < -0.3 is 14.7 Å². The van der Waals surface area contributed by atoms with E-state index in [2.05, 4.69) is 9.88 Å². The van der Waals surface area contributed by atoms with Gasteiger partial charge >= 0.3 is 0 Å². The number of nitrogens with zero attached hydrogens (tertiary/aromatic N) is 4. The fraction of sp³-hybridized carbons (Fsp3) is 0.647. The monoisotopic (exact) mass is 366 g/mol. The highest BCUT2D eigenvalue weighted by molar-refractivity contribution is 7.91. The average Bonchev–Trinajstić information content (AvgIpc) is 3.00. The van der Waals surface area contributed by atoms with Crippen LogP contribution in [0.15, 0.2) is 24.5 Å². The molecule has 0 bridgehead atoms. The molecule has 1 aromatic heterocycles. The van der Waals surface area contributed by atoms with E-state index in [1.807, 2.05) is 29.0 Å². The number of anilines is 1. The van der Waals surface area contributed by atoms with Gasteiger partial charge in [0.15, 0.2) is 9.84 Å². The first-order valence-electron chi connectivity index (χ1n) is 8.78. The zero-order chi connectivity index (χ0) is 17.9. The summed E-state index contributed by atoms with van der Waals surface area (Å²) in [6.45, 7) is 3.72. The average molecular weight is 366 g/mol. The summed E-state index contributed by atoms with van der Waals surface area (Å²) in [6, 6.07) is 4.03. The molecule has 8 heteroatoms. The van der Waals surface area contributed by atoms with Gasteiger partial charge in [0.1, 0.15) is 0 Å². The van der Waals surface area contributed by atoms with Crippen molar-refractivity contribution in [2.24, 2.45) is 0 Å². The Labute approximate surface area is 149 Å². The molecular weight excluding hydrogens is 340 g/mol. The summed E-state index contributed by atoms with van der Waals surface area (Å²) in [5, 5.41) is 0. The third kappa shape index (κ3) is 4.70. The van der Waals surface area contributed by atoms with Gasteiger partial charge in [0.05, 0.1) is 11.5 Å². The fourth-order valence-electron chi connectivity index (χ4n) is 3.50. The first-order chi connectivity index (χ1) is 11.9. The molecule has 1 aromatic rings. The number of hydrogen-bond acceptors (Lipinski definition) is 6. The van der Waals surface area contributed by atoms with Gasteiger partial charge in [0.25, 0.3) is 0 Å². The quantitative estimate of drug-likeness (QED) is 0.743. The van der Waals surface area contributed by atoms with E-state index in [1.54, 1.807) is 12.4 Å². The van der Waals surface area contributed by atoms with Crippen LogP contribution in [-0.2, 0) is 14.6 Å². The molecule has 3 heterocycles. The highest BCUT2D eigenvalue weighted by Crippen LogP contribution is 2.18. The Bertz CT molecular complexity index is 687. The Morgan fingerprint density at radius 2 is 1.92 bits per heavy atom. The molecule has 0 spiro atoms. The zero-order valence-electron chi connectivity index (χ0n) is 14.7. The highest BCUT2D eigenvalue weighted by atomic mass is 32.2. The Kier molecular flexibility index (Phi) is 5.58. The predicted molar refractivity (Wildman–Crippen MR) is 97.3 cm³/mol. The molecule has 2 saturated heterocycles. The lowest BCUT2D eigenvalue weighted by atomic mass is 10.2. The van der Waals surface area contributed by atoms with E-state index in [-0.39, 0.29) is 23.5 Å². The molecule has 2 fully saturated rings. The minimum absolute atomic E-state index is 0.0568. The van der Waals surface area contributed by atoms with Gasteiger partial charge in [-0.2, -0.15) is 0 Å². The lowest BCUT2D eigenvalue weighted by Crippen LogP contribution is -2.49. The van der Waals surface area contributed by atoms with Crippen molar-refractivity contribution >= 4 is 21.4 Å². The lowest BCUT2D eigenvalue weighted by Gasteiger charge is -2.36. The third-order valence-corrected chi connectivity index (χ3v) is 6.92. The Balaban J connectivity index is 1.42. The van der Waals surface area contributed by atoms with E-state index in [0.717, 1.165) is 31.9 Å². The van der Waals surface area contributed by atoms with Crippen molar-refractivity contribution in [2.75, 3.05) is 56.2 Å². The van der Waals surface area contributed by atoms with Crippen molar-refractivity contribution in [3.63, 3.8) is 0 Å². The molecule has 0 aromatic carbocycles. The van der Waals surface area contributed by atoms with Crippen LogP contribution in [0.2, 0.25) is 0 Å². The summed E-state index contributed by atoms with van der Waals surface area (Å²) in [5.74, 6) is 0.650. The molecule has 0 unspecified atom stereocenters. The second-order valence-electron chi connectivity index (χ2n) is 6.86. The van der Waals surface area contributed by atoms with Crippen LogP contribution in [0.3, 0.4) is 0 Å². The molecule has 1 amide bonds. The summed E-state index contributed by atoms with van der Waals surface area (Å²) in [7, 11) is -0.962. The summed E-state index contributed by atoms with van der Waals surface area (Å²) in [6.07, 6.45) is 4.69. The minimum Gasteiger partial charge on any atom is -0.368 e. The van der Waals surface area contributed by atoms with Gasteiger partial charge in [0.2, 0.25) is 5.91 Å². The number of hydrogen-bond donors (Lipinski definition) is 0. The molecule has 138 valence electrons. The van der Waals surface area contributed by atoms with Crippen molar-refractivity contribution < 1.29 is 13.2 Å². The van der Waals surface area contributed by atoms with Gasteiger partial charge in [-0.1, -0.05) is 0 Å². The molecule has 3 rings (SSSR count). The fourth-order valence-corrected chi connectivity index (χ4v) is 5.31. The molecule has 0 N–H and O–H groups in total. The number of carbonyl (C=O) groups excluding carboxylic acids is 1.